The third-order valence-corrected chi connectivity index (χ3v) is 4.57. The summed E-state index contributed by atoms with van der Waals surface area (Å²) < 4.78 is 10.8. The number of nitrogens with one attached hydrogen (secondary N) is 1. The highest BCUT2D eigenvalue weighted by Gasteiger charge is 2.10. The number of rotatable bonds is 13. The van der Waals surface area contributed by atoms with Crippen LogP contribution in [0.1, 0.15) is 6.92 Å². The van der Waals surface area contributed by atoms with E-state index in [2.05, 4.69) is 16.8 Å². The van der Waals surface area contributed by atoms with Gasteiger partial charge in [-0.15, -0.1) is 0 Å². The van der Waals surface area contributed by atoms with Crippen molar-refractivity contribution >= 4 is 17.7 Å². The Morgan fingerprint density at radius 2 is 1.92 bits per heavy atom. The van der Waals surface area contributed by atoms with Crippen LogP contribution in [0.4, 0.5) is 0 Å². The number of thioether (sulfide) groups is 1. The molecule has 8 nitrogen and oxygen atoms in total. The number of hydrogen-bond acceptors (Lipinski definition) is 8. The van der Waals surface area contributed by atoms with Gasteiger partial charge in [-0.2, -0.15) is 11.8 Å². The second-order valence-corrected chi connectivity index (χ2v) is 7.32. The van der Waals surface area contributed by atoms with Gasteiger partial charge >= 0.3 is 0 Å². The number of carbonyl (C=O) groups is 1. The molecule has 0 bridgehead atoms. The highest BCUT2D eigenvalue weighted by molar-refractivity contribution is 7.99. The predicted octanol–water partition coefficient (Wildman–Crippen LogP) is -0.263. The van der Waals surface area contributed by atoms with Crippen LogP contribution in [0.3, 0.4) is 0 Å². The van der Waals surface area contributed by atoms with Crippen molar-refractivity contribution in [3.63, 3.8) is 0 Å². The van der Waals surface area contributed by atoms with E-state index in [0.717, 1.165) is 36.8 Å². The second-order valence-electron chi connectivity index (χ2n) is 6.09. The van der Waals surface area contributed by atoms with Crippen LogP contribution in [0.25, 0.3) is 0 Å². The molecule has 150 valence electrons. The zero-order valence-electron chi connectivity index (χ0n) is 15.7. The van der Waals surface area contributed by atoms with Crippen LogP contribution >= 0.6 is 11.8 Å². The van der Waals surface area contributed by atoms with E-state index >= 15 is 0 Å². The van der Waals surface area contributed by atoms with Gasteiger partial charge in [0.1, 0.15) is 0 Å². The Hall–Kier alpha value is -1.26. The van der Waals surface area contributed by atoms with E-state index in [4.69, 9.17) is 21.1 Å². The number of nitrogens with zero attached hydrogens (tertiary/aromatic N) is 2. The van der Waals surface area contributed by atoms with E-state index in [0.29, 0.717) is 45.1 Å². The molecule has 26 heavy (non-hydrogen) atoms. The van der Waals surface area contributed by atoms with Gasteiger partial charge in [0.15, 0.2) is 0 Å². The summed E-state index contributed by atoms with van der Waals surface area (Å²) in [6.45, 7) is 11.0. The van der Waals surface area contributed by atoms with Gasteiger partial charge in [0.2, 0.25) is 5.91 Å². The normalized spacial score (nSPS) is 15.7. The molecule has 1 fully saturated rings. The molecule has 1 rings (SSSR count). The average molecular weight is 388 g/mol. The van der Waals surface area contributed by atoms with Crippen molar-refractivity contribution in [2.45, 2.75) is 6.92 Å². The summed E-state index contributed by atoms with van der Waals surface area (Å²) in [5, 5.41) is 4.25. The van der Waals surface area contributed by atoms with Gasteiger partial charge in [-0.25, -0.2) is 5.84 Å². The Morgan fingerprint density at radius 3 is 2.58 bits per heavy atom. The molecule has 0 aromatic carbocycles. The second kappa shape index (κ2) is 13.9. The summed E-state index contributed by atoms with van der Waals surface area (Å²) in [6, 6.07) is 0. The minimum atomic E-state index is -0.153. The maximum absolute atomic E-state index is 11.2. The van der Waals surface area contributed by atoms with Crippen molar-refractivity contribution in [2.24, 2.45) is 11.6 Å². The Balaban J connectivity index is 1.97. The van der Waals surface area contributed by atoms with Crippen LogP contribution in [-0.4, -0.2) is 86.5 Å². The van der Waals surface area contributed by atoms with Crippen LogP contribution in [0.15, 0.2) is 24.0 Å². The van der Waals surface area contributed by atoms with E-state index in [-0.39, 0.29) is 5.91 Å². The van der Waals surface area contributed by atoms with Crippen LogP contribution in [0.5, 0.6) is 0 Å². The number of nitrogens with two attached hydrogens (primary N) is 2. The minimum Gasteiger partial charge on any atom is -0.400 e. The summed E-state index contributed by atoms with van der Waals surface area (Å²) in [7, 11) is 0. The topological polar surface area (TPSA) is 106 Å². The molecule has 1 aliphatic heterocycles. The fraction of sp³-hybridized carbons (Fsp3) is 0.706. The smallest absolute Gasteiger partial charge is 0.246 e. The van der Waals surface area contributed by atoms with Gasteiger partial charge < -0.3 is 25.5 Å². The van der Waals surface area contributed by atoms with Crippen molar-refractivity contribution in [1.82, 2.24) is 15.2 Å². The predicted molar refractivity (Wildman–Crippen MR) is 106 cm³/mol. The Bertz CT molecular complexity index is 456. The quantitative estimate of drug-likeness (QED) is 0.172. The number of carbonyl (C=O) groups excluding carboxylic acids is 1. The van der Waals surface area contributed by atoms with Crippen molar-refractivity contribution in [1.29, 1.82) is 0 Å². The van der Waals surface area contributed by atoms with Gasteiger partial charge in [0.05, 0.1) is 33.0 Å². The van der Waals surface area contributed by atoms with Crippen molar-refractivity contribution in [3.05, 3.63) is 24.0 Å². The van der Waals surface area contributed by atoms with Crippen LogP contribution in [0.2, 0.25) is 0 Å². The van der Waals surface area contributed by atoms with Gasteiger partial charge in [0, 0.05) is 55.2 Å². The molecule has 0 aromatic heterocycles. The van der Waals surface area contributed by atoms with E-state index in [1.807, 2.05) is 11.8 Å². The fourth-order valence-electron chi connectivity index (χ4n) is 2.22. The average Bonchev–Trinajstić information content (AvgIpc) is 2.60. The summed E-state index contributed by atoms with van der Waals surface area (Å²) in [6.07, 6.45) is 1.77. The van der Waals surface area contributed by atoms with Crippen molar-refractivity contribution in [2.75, 3.05) is 70.7 Å². The maximum Gasteiger partial charge on any atom is 0.246 e. The lowest BCUT2D eigenvalue weighted by Crippen LogP contribution is -2.37. The molecule has 1 aliphatic rings. The molecule has 0 atom stereocenters. The summed E-state index contributed by atoms with van der Waals surface area (Å²) in [4.78, 5) is 13.6. The first-order valence-electron chi connectivity index (χ1n) is 8.86. The van der Waals surface area contributed by atoms with Gasteiger partial charge in [-0.1, -0.05) is 6.58 Å². The molecular formula is C17H33N5O3S. The largest absolute Gasteiger partial charge is 0.400 e. The number of hydrazine groups is 1. The molecule has 1 saturated heterocycles. The number of amides is 1. The molecule has 1 amide bonds. The standard InChI is InChI=1S/C17H33N5O3S/c1-15(2)17(23)20-3-7-24-9-10-25-8-4-22(19)14-16(18)13-21-5-11-26-12-6-21/h14H,1,3-13,18-19H2,2H3,(H,20,23)/b16-14-. The molecule has 0 unspecified atom stereocenters. The minimum absolute atomic E-state index is 0.153. The van der Waals surface area contributed by atoms with Crippen molar-refractivity contribution < 1.29 is 14.3 Å². The molecule has 0 saturated carbocycles. The molecule has 0 radical (unpaired) electrons. The lowest BCUT2D eigenvalue weighted by Gasteiger charge is -2.26. The van der Waals surface area contributed by atoms with Crippen LogP contribution < -0.4 is 16.9 Å². The molecule has 1 heterocycles. The summed E-state index contributed by atoms with van der Waals surface area (Å²) in [5.74, 6) is 8.08. The highest BCUT2D eigenvalue weighted by atomic mass is 32.2. The monoisotopic (exact) mass is 387 g/mol. The zero-order valence-corrected chi connectivity index (χ0v) is 16.6. The third kappa shape index (κ3) is 11.4. The molecule has 5 N–H and O–H groups in total. The highest BCUT2D eigenvalue weighted by Crippen LogP contribution is 2.09. The first kappa shape index (κ1) is 22.8. The van der Waals surface area contributed by atoms with E-state index in [1.165, 1.54) is 0 Å². The lowest BCUT2D eigenvalue weighted by molar-refractivity contribution is -0.117. The van der Waals surface area contributed by atoms with Crippen LogP contribution in [0, 0.1) is 0 Å². The first-order valence-corrected chi connectivity index (χ1v) is 10.0. The first-order chi connectivity index (χ1) is 12.5. The third-order valence-electron chi connectivity index (χ3n) is 3.63. The number of ether oxygens (including phenoxy) is 2. The summed E-state index contributed by atoms with van der Waals surface area (Å²) >= 11 is 1.98. The fourth-order valence-corrected chi connectivity index (χ4v) is 3.19. The lowest BCUT2D eigenvalue weighted by atomic mass is 10.3. The molecule has 9 heteroatoms. The van der Waals surface area contributed by atoms with Crippen molar-refractivity contribution in [3.8, 4) is 0 Å². The van der Waals surface area contributed by atoms with E-state index in [1.54, 1.807) is 18.1 Å². The van der Waals surface area contributed by atoms with E-state index in [9.17, 15) is 4.79 Å². The van der Waals surface area contributed by atoms with E-state index < -0.39 is 0 Å². The molecule has 0 aromatic rings. The van der Waals surface area contributed by atoms with Gasteiger partial charge in [-0.3, -0.25) is 9.69 Å². The maximum atomic E-state index is 11.2. The number of hydrogen-bond donors (Lipinski definition) is 3. The molecular weight excluding hydrogens is 354 g/mol. The Morgan fingerprint density at radius 1 is 1.27 bits per heavy atom. The summed E-state index contributed by atoms with van der Waals surface area (Å²) in [5.41, 5.74) is 7.29. The van der Waals surface area contributed by atoms with Gasteiger partial charge in [-0.05, 0) is 6.92 Å². The zero-order chi connectivity index (χ0) is 19.2. The van der Waals surface area contributed by atoms with Gasteiger partial charge in [0.25, 0.3) is 0 Å². The Kier molecular flexibility index (Phi) is 12.2. The Labute approximate surface area is 160 Å². The van der Waals surface area contributed by atoms with Crippen LogP contribution in [-0.2, 0) is 14.3 Å². The SMILES string of the molecule is C=C(C)C(=O)NCCOCCOCCN(N)/C=C(\N)CN1CCSCC1. The molecule has 0 spiro atoms. The molecule has 0 aliphatic carbocycles.